The van der Waals surface area contributed by atoms with E-state index in [1.54, 1.807) is 13.8 Å². The van der Waals surface area contributed by atoms with E-state index in [9.17, 15) is 54.4 Å². The number of rotatable bonds is 70. The number of nitrogens with one attached hydrogen (secondary N) is 2. The molecule has 0 spiro atoms. The second kappa shape index (κ2) is 63.3. The lowest BCUT2D eigenvalue weighted by molar-refractivity contribution is -0.297. The van der Waals surface area contributed by atoms with E-state index in [1.165, 1.54) is 161 Å². The Balaban J connectivity index is 2.39. The lowest BCUT2D eigenvalue weighted by Gasteiger charge is -2.46. The molecule has 2 heterocycles. The molecule has 0 aliphatic carbocycles. The first kappa shape index (κ1) is 97.7. The molecule has 0 unspecified atom stereocenters. The molecule has 104 heavy (non-hydrogen) atoms. The van der Waals surface area contributed by atoms with Gasteiger partial charge in [-0.25, -0.2) is 4.57 Å². The predicted octanol–water partition coefficient (Wildman–Crippen LogP) is 17.5. The summed E-state index contributed by atoms with van der Waals surface area (Å²) < 4.78 is 62.1. The summed E-state index contributed by atoms with van der Waals surface area (Å²) in [7, 11) is -4.57. The monoisotopic (exact) mass is 1510 g/mol. The van der Waals surface area contributed by atoms with E-state index in [1.807, 2.05) is 0 Å². The van der Waals surface area contributed by atoms with Crippen molar-refractivity contribution in [2.45, 2.75) is 462 Å². The molecule has 0 saturated carbocycles. The van der Waals surface area contributed by atoms with E-state index < -0.39 is 137 Å². The van der Waals surface area contributed by atoms with Crippen LogP contribution in [0.1, 0.15) is 383 Å². The summed E-state index contributed by atoms with van der Waals surface area (Å²) in [6, 6.07) is -3.17. The number of phosphoric acid groups is 1. The van der Waals surface area contributed by atoms with Crippen LogP contribution in [0, 0.1) is 11.8 Å². The minimum Gasteiger partial charge on any atom is -0.462 e. The van der Waals surface area contributed by atoms with Gasteiger partial charge < -0.3 is 65.0 Å². The van der Waals surface area contributed by atoms with Crippen LogP contribution in [0.3, 0.4) is 0 Å². The third-order valence-corrected chi connectivity index (χ3v) is 22.1. The molecule has 0 bridgehead atoms. The van der Waals surface area contributed by atoms with E-state index in [4.69, 9.17) is 37.3 Å². The van der Waals surface area contributed by atoms with Crippen molar-refractivity contribution < 1.29 is 91.6 Å². The fraction of sp³-hybridized carbons (Fsp3) is 0.951. The maximum atomic E-state index is 14.3. The van der Waals surface area contributed by atoms with Gasteiger partial charge in [0.2, 0.25) is 11.8 Å². The summed E-state index contributed by atoms with van der Waals surface area (Å²) in [6.45, 7) is 14.8. The molecule has 13 atom stereocenters. The third kappa shape index (κ3) is 48.3. The molecule has 2 saturated heterocycles. The number of hydrogen-bond donors (Lipinski definition) is 8. The highest BCUT2D eigenvalue weighted by Crippen LogP contribution is 2.52. The number of amides is 2. The van der Waals surface area contributed by atoms with Crippen molar-refractivity contribution in [1.82, 2.24) is 10.6 Å². The van der Waals surface area contributed by atoms with Gasteiger partial charge in [-0.05, 0) is 57.8 Å². The number of esters is 2. The van der Waals surface area contributed by atoms with Gasteiger partial charge in [-0.2, -0.15) is 0 Å². The predicted molar refractivity (Wildman–Crippen MR) is 412 cm³/mol. The number of aliphatic hydroxyl groups excluding tert-OH is 6. The summed E-state index contributed by atoms with van der Waals surface area (Å²) >= 11 is 0. The zero-order valence-electron chi connectivity index (χ0n) is 67.0. The van der Waals surface area contributed by atoms with Crippen molar-refractivity contribution in [2.24, 2.45) is 11.8 Å². The van der Waals surface area contributed by atoms with Crippen LogP contribution in [-0.4, -0.2) is 160 Å². The Labute approximate surface area is 631 Å². The van der Waals surface area contributed by atoms with Gasteiger partial charge in [0.05, 0.1) is 57.9 Å². The number of hydrogen-bond acceptors (Lipinski definition) is 19. The van der Waals surface area contributed by atoms with Crippen LogP contribution in [-0.2, 0) is 61.0 Å². The highest BCUT2D eigenvalue weighted by Gasteiger charge is 2.53. The summed E-state index contributed by atoms with van der Waals surface area (Å²) in [6.07, 6.45) is 32.5. The highest BCUT2D eigenvalue weighted by atomic mass is 31.2. The molecule has 2 rings (SSSR count). The highest BCUT2D eigenvalue weighted by molar-refractivity contribution is 7.48. The summed E-state index contributed by atoms with van der Waals surface area (Å²) in [5.41, 5.74) is 0. The first-order valence-corrected chi connectivity index (χ1v) is 44.2. The van der Waals surface area contributed by atoms with Crippen molar-refractivity contribution in [3.63, 3.8) is 0 Å². The fourth-order valence-corrected chi connectivity index (χ4v) is 15.4. The van der Waals surface area contributed by atoms with E-state index >= 15 is 0 Å². The van der Waals surface area contributed by atoms with Crippen LogP contribution in [0.2, 0.25) is 0 Å². The zero-order chi connectivity index (χ0) is 76.4. The number of ether oxygens (including phenoxy) is 5. The quantitative estimate of drug-likeness (QED) is 0.0159. The van der Waals surface area contributed by atoms with Gasteiger partial charge in [0.25, 0.3) is 0 Å². The summed E-state index contributed by atoms with van der Waals surface area (Å²) in [5.74, 6) is -1.31. The topological polar surface area (TPSA) is 305 Å². The van der Waals surface area contributed by atoms with Crippen LogP contribution < -0.4 is 10.6 Å². The Bertz CT molecular complexity index is 2120. The van der Waals surface area contributed by atoms with E-state index in [2.05, 4.69) is 52.2 Å². The van der Waals surface area contributed by atoms with E-state index in [0.29, 0.717) is 50.9 Å². The Morgan fingerprint density at radius 1 is 0.423 bits per heavy atom. The molecule has 0 radical (unpaired) electrons. The molecule has 22 heteroatoms. The van der Waals surface area contributed by atoms with Crippen molar-refractivity contribution >= 4 is 31.6 Å². The maximum absolute atomic E-state index is 14.3. The maximum Gasteiger partial charge on any atom is 0.477 e. The average Bonchev–Trinajstić information content (AvgIpc) is 0.805. The molecule has 2 fully saturated rings. The number of aliphatic hydroxyl groups is 6. The van der Waals surface area contributed by atoms with Crippen LogP contribution in [0.25, 0.3) is 0 Å². The molecule has 0 aromatic heterocycles. The van der Waals surface area contributed by atoms with Gasteiger partial charge in [-0.1, -0.05) is 311 Å². The molecule has 21 nitrogen and oxygen atoms in total. The second-order valence-corrected chi connectivity index (χ2v) is 32.9. The SMILES string of the molecule is CCCCCCCCCCCCCCCC(=O)O[C@H](CCCCCCCCCCCC(C)C)CC(=O)N[C@H]1[C@H](OC[C@H]2O[C@H](OP(=O)(OCC)OCC)[C@H](NC(=O)C[C@H](O)CCCCCCCCCCCC(C)C)[C@@H](OC(=O)C[C@H](O)CCCCCCCCCCCCC)[C@@H]2O)O[C@H](CO)[C@@H](O)[C@@H]1O. The van der Waals surface area contributed by atoms with Gasteiger partial charge in [0, 0.05) is 6.42 Å². The van der Waals surface area contributed by atoms with Gasteiger partial charge in [0.15, 0.2) is 18.7 Å². The largest absolute Gasteiger partial charge is 0.477 e. The zero-order valence-corrected chi connectivity index (χ0v) is 67.9. The number of carbonyl (C=O) groups is 4. The minimum absolute atomic E-state index is 0.162. The lowest BCUT2D eigenvalue weighted by atomic mass is 9.95. The Morgan fingerprint density at radius 3 is 1.22 bits per heavy atom. The van der Waals surface area contributed by atoms with Crippen molar-refractivity contribution in [3.8, 4) is 0 Å². The Hall–Kier alpha value is -2.37. The smallest absolute Gasteiger partial charge is 0.462 e. The van der Waals surface area contributed by atoms with Crippen LogP contribution in [0.5, 0.6) is 0 Å². The van der Waals surface area contributed by atoms with Crippen LogP contribution in [0.15, 0.2) is 0 Å². The van der Waals surface area contributed by atoms with E-state index in [0.717, 1.165) is 102 Å². The van der Waals surface area contributed by atoms with Crippen molar-refractivity contribution in [2.75, 3.05) is 26.4 Å². The molecule has 2 aliphatic heterocycles. The number of phosphoric ester groups is 1. The van der Waals surface area contributed by atoms with Crippen molar-refractivity contribution in [3.05, 3.63) is 0 Å². The molecular formula is C82H157N2O19P. The van der Waals surface area contributed by atoms with Gasteiger partial charge in [-0.3, -0.25) is 32.7 Å². The molecule has 2 aliphatic rings. The van der Waals surface area contributed by atoms with Crippen LogP contribution >= 0.6 is 7.82 Å². The van der Waals surface area contributed by atoms with Crippen LogP contribution in [0.4, 0.5) is 0 Å². The lowest BCUT2D eigenvalue weighted by Crippen LogP contribution is -2.67. The van der Waals surface area contributed by atoms with E-state index in [-0.39, 0.29) is 26.1 Å². The first-order valence-electron chi connectivity index (χ1n) is 42.7. The summed E-state index contributed by atoms with van der Waals surface area (Å²) in [5, 5.41) is 73.7. The minimum atomic E-state index is -4.57. The molecule has 0 aromatic carbocycles. The van der Waals surface area contributed by atoms with Gasteiger partial charge in [-0.15, -0.1) is 0 Å². The average molecular weight is 1510 g/mol. The molecule has 0 aromatic rings. The number of carbonyl (C=O) groups excluding carboxylic acids is 4. The Morgan fingerprint density at radius 2 is 0.798 bits per heavy atom. The first-order chi connectivity index (χ1) is 50.2. The molecule has 2 amide bonds. The van der Waals surface area contributed by atoms with Crippen molar-refractivity contribution in [1.29, 1.82) is 0 Å². The Kier molecular flexibility index (Phi) is 59.5. The van der Waals surface area contributed by atoms with Gasteiger partial charge >= 0.3 is 19.8 Å². The standard InChI is InChI=1S/C82H157N2O19P/c1-9-13-15-17-19-21-23-24-26-34-40-46-52-58-73(90)99-68(57-51-45-39-33-28-30-36-42-48-54-65(7)8)61-72(89)83-75-79(94)77(92)69(62-85)100-81(75)96-63-70-78(93)80(102-74(91)60-67(87)56-50-44-38-31-25-22-20-18-16-14-10-2)76(82(101-70)103-104(95,97-11-3)98-12-4)84-71(88)59-66(86)55-49-43-37-32-27-29-35-41-47-53-64(5)6/h64-70,75-82,85-87,92-94H,9-63H2,1-8H3,(H,83,89)(H,84,88)/t66-,67-,68-,69-,70-,75-,76-,77-,78-,79-,80-,81-,82-/m1/s1. The molecular weight excluding hydrogens is 1350 g/mol. The normalized spacial score (nSPS) is 21.7. The van der Waals surface area contributed by atoms with Gasteiger partial charge in [0.1, 0.15) is 48.7 Å². The summed E-state index contributed by atoms with van der Waals surface area (Å²) in [4.78, 5) is 56.0. The fourth-order valence-electron chi connectivity index (χ4n) is 14.2. The third-order valence-electron chi connectivity index (χ3n) is 20.5. The molecule has 614 valence electrons. The second-order valence-electron chi connectivity index (χ2n) is 31.3. The number of unbranched alkanes of at least 4 members (excludes halogenated alkanes) is 38. The molecule has 8 N–H and O–H groups in total.